The predicted octanol–water partition coefficient (Wildman–Crippen LogP) is 4.84. The number of alkyl halides is 5. The second-order valence-corrected chi connectivity index (χ2v) is 8.39. The van der Waals surface area contributed by atoms with Crippen LogP contribution in [0.2, 0.25) is 5.02 Å². The number of likely N-dealkylation sites (tertiary alicyclic amines) is 1. The van der Waals surface area contributed by atoms with Gasteiger partial charge >= 0.3 is 12.1 Å². The summed E-state index contributed by atoms with van der Waals surface area (Å²) in [5.41, 5.74) is -3.24. The minimum absolute atomic E-state index is 0.273. The average molecular weight is 491 g/mol. The van der Waals surface area contributed by atoms with Crippen LogP contribution in [-0.2, 0) is 15.5 Å². The third-order valence-corrected chi connectivity index (χ3v) is 6.16. The lowest BCUT2D eigenvalue weighted by atomic mass is 9.92. The summed E-state index contributed by atoms with van der Waals surface area (Å²) in [5, 5.41) is 9.04. The van der Waals surface area contributed by atoms with Crippen molar-refractivity contribution in [1.29, 1.82) is 0 Å². The Morgan fingerprint density at radius 1 is 1.21 bits per heavy atom. The lowest BCUT2D eigenvalue weighted by molar-refractivity contribution is -0.200. The predicted molar refractivity (Wildman–Crippen MR) is 92.0 cm³/mol. The molecule has 3 rings (SSSR count). The number of rotatable bonds is 4. The Balaban J connectivity index is 1.91. The molecule has 0 spiro atoms. The maximum atomic E-state index is 15.0. The van der Waals surface area contributed by atoms with Crippen LogP contribution in [0.15, 0.2) is 22.7 Å². The van der Waals surface area contributed by atoms with E-state index in [0.29, 0.717) is 9.37 Å². The Morgan fingerprint density at radius 2 is 1.82 bits per heavy atom. The molecule has 2 fully saturated rings. The standard InChI is InChI=1S/C17H14BrClF5NO3/c18-9-1-2-10(11(19)6-9)16(20,21)8-5-12(13(26)27)25(7-8)14(28)15(3-4-15)17(22,23)24/h1-2,6,8,12H,3-5,7H2,(H,26,27)/t8?,12-/m0/s1. The number of hydrogen-bond acceptors (Lipinski definition) is 2. The van der Waals surface area contributed by atoms with Gasteiger partial charge in [-0.2, -0.15) is 13.2 Å². The van der Waals surface area contributed by atoms with Crippen LogP contribution in [0.4, 0.5) is 22.0 Å². The van der Waals surface area contributed by atoms with Gasteiger partial charge in [0.05, 0.1) is 5.02 Å². The first kappa shape index (κ1) is 21.3. The normalized spacial score (nSPS) is 24.3. The molecule has 1 heterocycles. The topological polar surface area (TPSA) is 57.6 Å². The minimum atomic E-state index is -4.86. The summed E-state index contributed by atoms with van der Waals surface area (Å²) in [5.74, 6) is -8.38. The third-order valence-electron chi connectivity index (χ3n) is 5.35. The molecule has 1 aliphatic heterocycles. The van der Waals surface area contributed by atoms with Gasteiger partial charge in [0.2, 0.25) is 5.91 Å². The van der Waals surface area contributed by atoms with Crippen molar-refractivity contribution >= 4 is 39.4 Å². The number of hydrogen-bond donors (Lipinski definition) is 1. The number of halogens is 7. The number of nitrogens with zero attached hydrogens (tertiary/aromatic N) is 1. The average Bonchev–Trinajstić information content (AvgIpc) is 3.25. The van der Waals surface area contributed by atoms with Crippen molar-refractivity contribution < 1.29 is 36.6 Å². The molecular formula is C17H14BrClF5NO3. The van der Waals surface area contributed by atoms with E-state index in [1.165, 1.54) is 12.1 Å². The molecule has 1 saturated carbocycles. The lowest BCUT2D eigenvalue weighted by Crippen LogP contribution is -2.48. The molecule has 4 nitrogen and oxygen atoms in total. The monoisotopic (exact) mass is 489 g/mol. The first-order valence-electron chi connectivity index (χ1n) is 8.25. The molecule has 1 amide bonds. The summed E-state index contributed by atoms with van der Waals surface area (Å²) in [4.78, 5) is 24.4. The Labute approximate surface area is 169 Å². The SMILES string of the molecule is O=C(O)[C@@H]1CC(C(F)(F)c2ccc(Br)cc2Cl)CN1C(=O)C1(C(F)(F)F)CC1. The van der Waals surface area contributed by atoms with Crippen molar-refractivity contribution in [2.24, 2.45) is 11.3 Å². The number of carboxylic acid groups (broad SMARTS) is 1. The van der Waals surface area contributed by atoms with Gasteiger partial charge in [0.25, 0.3) is 5.92 Å². The summed E-state index contributed by atoms with van der Waals surface area (Å²) in [6.07, 6.45) is -6.48. The van der Waals surface area contributed by atoms with Gasteiger partial charge in [-0.1, -0.05) is 33.6 Å². The van der Waals surface area contributed by atoms with E-state index >= 15 is 8.78 Å². The van der Waals surface area contributed by atoms with E-state index in [0.717, 1.165) is 6.07 Å². The summed E-state index contributed by atoms with van der Waals surface area (Å²) >= 11 is 8.96. The minimum Gasteiger partial charge on any atom is -0.480 e. The van der Waals surface area contributed by atoms with Gasteiger partial charge in [-0.05, 0) is 31.4 Å². The van der Waals surface area contributed by atoms with E-state index < -0.39 is 72.7 Å². The van der Waals surface area contributed by atoms with E-state index in [2.05, 4.69) is 15.9 Å². The number of carbonyl (C=O) groups is 2. The fraction of sp³-hybridized carbons (Fsp3) is 0.529. The number of benzene rings is 1. The van der Waals surface area contributed by atoms with Crippen LogP contribution in [0.5, 0.6) is 0 Å². The zero-order valence-electron chi connectivity index (χ0n) is 14.1. The Bertz CT molecular complexity index is 828. The molecule has 1 unspecified atom stereocenters. The first-order valence-corrected chi connectivity index (χ1v) is 9.42. The van der Waals surface area contributed by atoms with Crippen molar-refractivity contribution in [3.05, 3.63) is 33.3 Å². The van der Waals surface area contributed by atoms with Crippen molar-refractivity contribution in [3.63, 3.8) is 0 Å². The third kappa shape index (κ3) is 3.38. The number of aliphatic carboxylic acids is 1. The molecule has 1 aromatic rings. The van der Waals surface area contributed by atoms with Crippen molar-refractivity contribution in [3.8, 4) is 0 Å². The fourth-order valence-corrected chi connectivity index (χ4v) is 4.35. The Morgan fingerprint density at radius 3 is 2.29 bits per heavy atom. The van der Waals surface area contributed by atoms with Gasteiger partial charge in [0, 0.05) is 22.5 Å². The van der Waals surface area contributed by atoms with E-state index in [9.17, 15) is 27.9 Å². The van der Waals surface area contributed by atoms with Crippen LogP contribution in [0.1, 0.15) is 24.8 Å². The summed E-state index contributed by atoms with van der Waals surface area (Å²) in [7, 11) is 0. The van der Waals surface area contributed by atoms with Gasteiger partial charge in [-0.3, -0.25) is 4.79 Å². The fourth-order valence-electron chi connectivity index (χ4n) is 3.56. The molecule has 1 aromatic carbocycles. The molecule has 0 radical (unpaired) electrons. The summed E-state index contributed by atoms with van der Waals surface area (Å²) in [6.45, 7) is -0.799. The van der Waals surface area contributed by atoms with Gasteiger partial charge < -0.3 is 10.0 Å². The maximum Gasteiger partial charge on any atom is 0.403 e. The molecule has 0 bridgehead atoms. The highest BCUT2D eigenvalue weighted by atomic mass is 79.9. The van der Waals surface area contributed by atoms with E-state index in [4.69, 9.17) is 11.6 Å². The van der Waals surface area contributed by atoms with Gasteiger partial charge in [0.1, 0.15) is 11.5 Å². The molecule has 2 aliphatic rings. The smallest absolute Gasteiger partial charge is 0.403 e. The molecule has 1 N–H and O–H groups in total. The van der Waals surface area contributed by atoms with Crippen LogP contribution in [-0.4, -0.2) is 40.6 Å². The molecule has 28 heavy (non-hydrogen) atoms. The van der Waals surface area contributed by atoms with Crippen LogP contribution < -0.4 is 0 Å². The molecule has 11 heteroatoms. The second kappa shape index (κ2) is 6.83. The number of amides is 1. The number of carboxylic acids is 1. The summed E-state index contributed by atoms with van der Waals surface area (Å²) in [6, 6.07) is 1.87. The molecule has 2 atom stereocenters. The molecule has 1 saturated heterocycles. The molecule has 0 aromatic heterocycles. The van der Waals surface area contributed by atoms with Gasteiger partial charge in [0.15, 0.2) is 0 Å². The van der Waals surface area contributed by atoms with Gasteiger partial charge in [-0.25, -0.2) is 13.6 Å². The van der Waals surface area contributed by atoms with Crippen LogP contribution >= 0.6 is 27.5 Å². The Hall–Kier alpha value is -1.42. The van der Waals surface area contributed by atoms with Crippen LogP contribution in [0, 0.1) is 11.3 Å². The second-order valence-electron chi connectivity index (χ2n) is 7.07. The Kier molecular flexibility index (Phi) is 5.19. The quantitative estimate of drug-likeness (QED) is 0.615. The van der Waals surface area contributed by atoms with Crippen molar-refractivity contribution in [1.82, 2.24) is 4.90 Å². The highest BCUT2D eigenvalue weighted by molar-refractivity contribution is 9.10. The lowest BCUT2D eigenvalue weighted by Gasteiger charge is -2.28. The van der Waals surface area contributed by atoms with Crippen molar-refractivity contribution in [2.45, 2.75) is 37.4 Å². The zero-order valence-corrected chi connectivity index (χ0v) is 16.4. The van der Waals surface area contributed by atoms with E-state index in [-0.39, 0.29) is 5.02 Å². The zero-order chi connectivity index (χ0) is 21.1. The number of carbonyl (C=O) groups excluding carboxylic acids is 1. The van der Waals surface area contributed by atoms with E-state index in [1.54, 1.807) is 0 Å². The van der Waals surface area contributed by atoms with Gasteiger partial charge in [-0.15, -0.1) is 0 Å². The summed E-state index contributed by atoms with van der Waals surface area (Å²) < 4.78 is 70.2. The first-order chi connectivity index (χ1) is 12.8. The maximum absolute atomic E-state index is 15.0. The highest BCUT2D eigenvalue weighted by Gasteiger charge is 2.70. The van der Waals surface area contributed by atoms with Crippen LogP contribution in [0.3, 0.4) is 0 Å². The van der Waals surface area contributed by atoms with Crippen LogP contribution in [0.25, 0.3) is 0 Å². The molecular weight excluding hydrogens is 477 g/mol. The highest BCUT2D eigenvalue weighted by Crippen LogP contribution is 2.59. The van der Waals surface area contributed by atoms with Crippen molar-refractivity contribution in [2.75, 3.05) is 6.54 Å². The molecule has 154 valence electrons. The van der Waals surface area contributed by atoms with E-state index in [1.807, 2.05) is 0 Å². The molecule has 1 aliphatic carbocycles. The largest absolute Gasteiger partial charge is 0.480 e.